The van der Waals surface area contributed by atoms with E-state index in [1.807, 2.05) is 17.9 Å². The molecule has 0 bridgehead atoms. The number of rotatable bonds is 3. The summed E-state index contributed by atoms with van der Waals surface area (Å²) in [5.41, 5.74) is 6.96. The molecule has 124 valence electrons. The van der Waals surface area contributed by atoms with Crippen molar-refractivity contribution in [1.82, 2.24) is 14.8 Å². The van der Waals surface area contributed by atoms with Crippen LogP contribution in [-0.2, 0) is 4.79 Å². The van der Waals surface area contributed by atoms with Crippen LogP contribution in [0.25, 0.3) is 0 Å². The first kappa shape index (κ1) is 15.9. The van der Waals surface area contributed by atoms with Gasteiger partial charge in [0.1, 0.15) is 0 Å². The number of pyridine rings is 1. The molecule has 2 aliphatic rings. The Morgan fingerprint density at radius 2 is 1.96 bits per heavy atom. The van der Waals surface area contributed by atoms with Crippen LogP contribution in [0.3, 0.4) is 0 Å². The van der Waals surface area contributed by atoms with E-state index in [-0.39, 0.29) is 17.9 Å². The summed E-state index contributed by atoms with van der Waals surface area (Å²) in [6.07, 6.45) is 5.39. The van der Waals surface area contributed by atoms with Crippen molar-refractivity contribution in [2.24, 2.45) is 5.73 Å². The number of aryl methyl sites for hydroxylation is 1. The van der Waals surface area contributed by atoms with Crippen molar-refractivity contribution in [3.8, 4) is 0 Å². The first-order valence-electron chi connectivity index (χ1n) is 8.34. The summed E-state index contributed by atoms with van der Waals surface area (Å²) in [5.74, 6) is -0.158. The van der Waals surface area contributed by atoms with E-state index in [4.69, 9.17) is 5.73 Å². The Morgan fingerprint density at radius 1 is 1.22 bits per heavy atom. The minimum Gasteiger partial charge on any atom is -0.368 e. The number of amides is 2. The van der Waals surface area contributed by atoms with Gasteiger partial charge in [-0.3, -0.25) is 19.5 Å². The monoisotopic (exact) mass is 316 g/mol. The number of hydrogen-bond acceptors (Lipinski definition) is 4. The molecule has 2 fully saturated rings. The van der Waals surface area contributed by atoms with Crippen LogP contribution < -0.4 is 5.73 Å². The van der Waals surface area contributed by atoms with Crippen molar-refractivity contribution in [2.45, 2.75) is 44.7 Å². The van der Waals surface area contributed by atoms with Gasteiger partial charge in [-0.25, -0.2) is 0 Å². The van der Waals surface area contributed by atoms with E-state index < -0.39 is 0 Å². The molecule has 1 aromatic rings. The quantitative estimate of drug-likeness (QED) is 0.900. The van der Waals surface area contributed by atoms with E-state index in [1.165, 1.54) is 0 Å². The summed E-state index contributed by atoms with van der Waals surface area (Å²) >= 11 is 0. The van der Waals surface area contributed by atoms with Gasteiger partial charge in [0.25, 0.3) is 5.91 Å². The maximum absolute atomic E-state index is 12.6. The summed E-state index contributed by atoms with van der Waals surface area (Å²) in [7, 11) is 0. The first-order valence-corrected chi connectivity index (χ1v) is 8.34. The number of nitrogens with zero attached hydrogens (tertiary/aromatic N) is 3. The van der Waals surface area contributed by atoms with Crippen molar-refractivity contribution in [1.29, 1.82) is 0 Å². The molecular formula is C17H24N4O2. The third-order valence-corrected chi connectivity index (χ3v) is 5.08. The second-order valence-corrected chi connectivity index (χ2v) is 6.46. The van der Waals surface area contributed by atoms with Gasteiger partial charge in [0.2, 0.25) is 5.91 Å². The molecule has 2 aliphatic heterocycles. The highest BCUT2D eigenvalue weighted by atomic mass is 16.2. The SMILES string of the molecule is Cc1ncccc1C(=O)N1CCC(N2CCCC2C(N)=O)CC1. The van der Waals surface area contributed by atoms with Crippen LogP contribution in [0, 0.1) is 6.92 Å². The molecule has 23 heavy (non-hydrogen) atoms. The molecule has 6 heteroatoms. The average molecular weight is 316 g/mol. The lowest BCUT2D eigenvalue weighted by atomic mass is 10.0. The van der Waals surface area contributed by atoms with Gasteiger partial charge in [-0.2, -0.15) is 0 Å². The molecule has 0 aliphatic carbocycles. The molecule has 6 nitrogen and oxygen atoms in total. The lowest BCUT2D eigenvalue weighted by molar-refractivity contribution is -0.123. The Hall–Kier alpha value is -1.95. The lowest BCUT2D eigenvalue weighted by Gasteiger charge is -2.38. The Morgan fingerprint density at radius 3 is 2.61 bits per heavy atom. The molecule has 2 amide bonds. The smallest absolute Gasteiger partial charge is 0.255 e. The van der Waals surface area contributed by atoms with Crippen molar-refractivity contribution in [2.75, 3.05) is 19.6 Å². The zero-order valence-corrected chi connectivity index (χ0v) is 13.6. The molecule has 3 heterocycles. The van der Waals surface area contributed by atoms with Gasteiger partial charge in [0.15, 0.2) is 0 Å². The van der Waals surface area contributed by atoms with Gasteiger partial charge < -0.3 is 10.6 Å². The molecule has 1 atom stereocenters. The molecule has 1 unspecified atom stereocenters. The fraction of sp³-hybridized carbons (Fsp3) is 0.588. The van der Waals surface area contributed by atoms with E-state index in [2.05, 4.69) is 9.88 Å². The molecule has 3 rings (SSSR count). The molecule has 0 saturated carbocycles. The summed E-state index contributed by atoms with van der Waals surface area (Å²) < 4.78 is 0. The van der Waals surface area contributed by atoms with E-state index in [9.17, 15) is 9.59 Å². The van der Waals surface area contributed by atoms with Crippen LogP contribution in [0.5, 0.6) is 0 Å². The Labute approximate surface area is 136 Å². The molecule has 0 aromatic carbocycles. The van der Waals surface area contributed by atoms with Gasteiger partial charge in [-0.05, 0) is 51.3 Å². The van der Waals surface area contributed by atoms with Gasteiger partial charge in [-0.15, -0.1) is 0 Å². The molecule has 2 saturated heterocycles. The lowest BCUT2D eigenvalue weighted by Crippen LogP contribution is -2.51. The van der Waals surface area contributed by atoms with Crippen LogP contribution in [0.4, 0.5) is 0 Å². The summed E-state index contributed by atoms with van der Waals surface area (Å²) in [5, 5.41) is 0. The minimum absolute atomic E-state index is 0.0573. The maximum atomic E-state index is 12.6. The predicted molar refractivity (Wildman–Crippen MR) is 86.8 cm³/mol. The summed E-state index contributed by atoms with van der Waals surface area (Å²) in [6.45, 7) is 4.25. The normalized spacial score (nSPS) is 23.2. The molecule has 0 spiro atoms. The molecular weight excluding hydrogens is 292 g/mol. The van der Waals surface area contributed by atoms with Gasteiger partial charge in [0, 0.05) is 31.0 Å². The van der Waals surface area contributed by atoms with E-state index in [0.29, 0.717) is 11.6 Å². The summed E-state index contributed by atoms with van der Waals surface area (Å²) in [4.78, 5) is 32.5. The largest absolute Gasteiger partial charge is 0.368 e. The fourth-order valence-corrected chi connectivity index (χ4v) is 3.81. The maximum Gasteiger partial charge on any atom is 0.255 e. The van der Waals surface area contributed by atoms with Crippen molar-refractivity contribution < 1.29 is 9.59 Å². The van der Waals surface area contributed by atoms with E-state index in [1.54, 1.807) is 12.3 Å². The third kappa shape index (κ3) is 3.22. The second-order valence-electron chi connectivity index (χ2n) is 6.46. The zero-order valence-electron chi connectivity index (χ0n) is 13.6. The number of carbonyl (C=O) groups is 2. The van der Waals surface area contributed by atoms with Crippen LogP contribution in [0.15, 0.2) is 18.3 Å². The molecule has 1 aromatic heterocycles. The van der Waals surface area contributed by atoms with Crippen LogP contribution in [0.2, 0.25) is 0 Å². The van der Waals surface area contributed by atoms with Crippen LogP contribution in [-0.4, -0.2) is 58.3 Å². The van der Waals surface area contributed by atoms with Crippen LogP contribution >= 0.6 is 0 Å². The zero-order chi connectivity index (χ0) is 16.4. The second kappa shape index (κ2) is 6.66. The standard InChI is InChI=1S/C17H24N4O2/c1-12-14(4-2-8-19-12)17(23)20-10-6-13(7-11-20)21-9-3-5-15(21)16(18)22/h2,4,8,13,15H,3,5-7,9-11H2,1H3,(H2,18,22). The topological polar surface area (TPSA) is 79.5 Å². The van der Waals surface area contributed by atoms with E-state index in [0.717, 1.165) is 51.0 Å². The van der Waals surface area contributed by atoms with Crippen molar-refractivity contribution in [3.05, 3.63) is 29.6 Å². The number of nitrogens with two attached hydrogens (primary N) is 1. The first-order chi connectivity index (χ1) is 11.1. The van der Waals surface area contributed by atoms with Gasteiger partial charge >= 0.3 is 0 Å². The number of primary amides is 1. The number of piperidine rings is 1. The number of likely N-dealkylation sites (tertiary alicyclic amines) is 2. The highest BCUT2D eigenvalue weighted by Crippen LogP contribution is 2.26. The Balaban J connectivity index is 1.61. The minimum atomic E-state index is -0.216. The highest BCUT2D eigenvalue weighted by molar-refractivity contribution is 5.95. The fourth-order valence-electron chi connectivity index (χ4n) is 3.81. The van der Waals surface area contributed by atoms with Gasteiger partial charge in [-0.1, -0.05) is 0 Å². The number of aromatic nitrogens is 1. The third-order valence-electron chi connectivity index (χ3n) is 5.08. The summed E-state index contributed by atoms with van der Waals surface area (Å²) in [6, 6.07) is 3.87. The van der Waals surface area contributed by atoms with Crippen molar-refractivity contribution in [3.63, 3.8) is 0 Å². The molecule has 0 radical (unpaired) electrons. The van der Waals surface area contributed by atoms with Gasteiger partial charge in [0.05, 0.1) is 11.6 Å². The Kier molecular flexibility index (Phi) is 4.61. The predicted octanol–water partition coefficient (Wildman–Crippen LogP) is 0.944. The Bertz CT molecular complexity index is 596. The average Bonchev–Trinajstić information content (AvgIpc) is 3.05. The number of carbonyl (C=O) groups excluding carboxylic acids is 2. The van der Waals surface area contributed by atoms with Crippen LogP contribution in [0.1, 0.15) is 41.7 Å². The highest BCUT2D eigenvalue weighted by Gasteiger charge is 2.36. The van der Waals surface area contributed by atoms with E-state index >= 15 is 0 Å². The molecule has 2 N–H and O–H groups in total. The number of hydrogen-bond donors (Lipinski definition) is 1. The van der Waals surface area contributed by atoms with Crippen molar-refractivity contribution >= 4 is 11.8 Å².